The van der Waals surface area contributed by atoms with Gasteiger partial charge in [-0.15, -0.1) is 0 Å². The minimum Gasteiger partial charge on any atom is -0.506 e. The van der Waals surface area contributed by atoms with Gasteiger partial charge >= 0.3 is 0 Å². The molecule has 0 fully saturated rings. The molecule has 0 spiro atoms. The van der Waals surface area contributed by atoms with Crippen LogP contribution >= 0.6 is 0 Å². The van der Waals surface area contributed by atoms with Crippen LogP contribution in [-0.4, -0.2) is 5.11 Å². The van der Waals surface area contributed by atoms with Gasteiger partial charge in [-0.25, -0.2) is 0 Å². The van der Waals surface area contributed by atoms with Crippen molar-refractivity contribution in [3.63, 3.8) is 0 Å². The van der Waals surface area contributed by atoms with Crippen molar-refractivity contribution in [2.24, 2.45) is 0 Å². The molecule has 0 bridgehead atoms. The fourth-order valence-electron chi connectivity index (χ4n) is 1.19. The first-order valence-electron chi connectivity index (χ1n) is 3.78. The average molecular weight is 159 g/mol. The smallest absolute Gasteiger partial charge is 0.132 e. The molecule has 1 aliphatic heterocycles. The van der Waals surface area contributed by atoms with E-state index in [1.165, 1.54) is 0 Å². The molecule has 0 saturated heterocycles. The van der Waals surface area contributed by atoms with Crippen LogP contribution in [0, 0.1) is 0 Å². The molecule has 2 N–H and O–H groups in total. The van der Waals surface area contributed by atoms with Crippen molar-refractivity contribution in [2.45, 2.75) is 0 Å². The van der Waals surface area contributed by atoms with E-state index in [2.05, 4.69) is 5.32 Å². The molecule has 0 radical (unpaired) electrons. The predicted octanol–water partition coefficient (Wildman–Crippen LogP) is 0.208. The van der Waals surface area contributed by atoms with E-state index in [1.54, 1.807) is 12.3 Å². The highest BCUT2D eigenvalue weighted by atomic mass is 16.3. The number of allylic oxidation sites excluding steroid dienone is 1. The molecule has 1 aliphatic rings. The Morgan fingerprint density at radius 3 is 2.58 bits per heavy atom. The Balaban J connectivity index is 2.76. The summed E-state index contributed by atoms with van der Waals surface area (Å²) < 4.78 is 0. The highest BCUT2D eigenvalue weighted by Gasteiger charge is 1.91. The van der Waals surface area contributed by atoms with Gasteiger partial charge in [0.05, 0.1) is 0 Å². The van der Waals surface area contributed by atoms with Gasteiger partial charge in [-0.1, -0.05) is 24.3 Å². The van der Waals surface area contributed by atoms with Gasteiger partial charge in [0.25, 0.3) is 0 Å². The fraction of sp³-hybridized carbons (Fsp3) is 0. The van der Waals surface area contributed by atoms with Gasteiger partial charge in [0.15, 0.2) is 0 Å². The van der Waals surface area contributed by atoms with Crippen LogP contribution in [0.3, 0.4) is 0 Å². The number of aliphatic hydroxyl groups excluding tert-OH is 1. The molecule has 2 heteroatoms. The van der Waals surface area contributed by atoms with Gasteiger partial charge in [0.2, 0.25) is 0 Å². The molecule has 1 aromatic carbocycles. The standard InChI is InChI=1S/C10H9NO/c12-10-5-8-3-1-2-4-9(8)6-11-7-10/h1-7,11-12H. The molecule has 1 aromatic rings. The SMILES string of the molecule is OC1=CNC=c2ccccc2=C1. The number of aliphatic hydroxyl groups is 1. The molecule has 0 atom stereocenters. The van der Waals surface area contributed by atoms with Crippen molar-refractivity contribution in [3.8, 4) is 0 Å². The third-order valence-electron chi connectivity index (χ3n) is 1.77. The summed E-state index contributed by atoms with van der Waals surface area (Å²) in [4.78, 5) is 0. The van der Waals surface area contributed by atoms with Crippen molar-refractivity contribution in [2.75, 3.05) is 0 Å². The van der Waals surface area contributed by atoms with Crippen molar-refractivity contribution in [3.05, 3.63) is 46.7 Å². The van der Waals surface area contributed by atoms with Crippen LogP contribution in [0.4, 0.5) is 0 Å². The third kappa shape index (κ3) is 1.19. The maximum absolute atomic E-state index is 9.26. The normalized spacial score (nSPS) is 14.2. The topological polar surface area (TPSA) is 32.3 Å². The van der Waals surface area contributed by atoms with E-state index < -0.39 is 0 Å². The molecule has 0 aliphatic carbocycles. The van der Waals surface area contributed by atoms with Crippen molar-refractivity contribution >= 4 is 12.3 Å². The van der Waals surface area contributed by atoms with Crippen LogP contribution in [0.25, 0.3) is 12.3 Å². The van der Waals surface area contributed by atoms with Gasteiger partial charge in [-0.3, -0.25) is 0 Å². The second-order valence-corrected chi connectivity index (χ2v) is 2.65. The molecule has 1 heterocycles. The van der Waals surface area contributed by atoms with Gasteiger partial charge in [0.1, 0.15) is 5.76 Å². The molecular weight excluding hydrogens is 150 g/mol. The Bertz CT molecular complexity index is 431. The summed E-state index contributed by atoms with van der Waals surface area (Å²) in [5.74, 6) is 0.246. The van der Waals surface area contributed by atoms with Crippen LogP contribution in [0.15, 0.2) is 36.2 Å². The lowest BCUT2D eigenvalue weighted by molar-refractivity contribution is 0.438. The molecule has 0 saturated carbocycles. The van der Waals surface area contributed by atoms with E-state index in [1.807, 2.05) is 30.5 Å². The quantitative estimate of drug-likeness (QED) is 0.567. The summed E-state index contributed by atoms with van der Waals surface area (Å²) in [7, 11) is 0. The van der Waals surface area contributed by atoms with Crippen LogP contribution in [0.5, 0.6) is 0 Å². The largest absolute Gasteiger partial charge is 0.506 e. The summed E-state index contributed by atoms with van der Waals surface area (Å²) in [6.07, 6.45) is 5.14. The zero-order chi connectivity index (χ0) is 8.39. The van der Waals surface area contributed by atoms with Crippen LogP contribution < -0.4 is 15.8 Å². The van der Waals surface area contributed by atoms with E-state index in [9.17, 15) is 5.11 Å². The Labute approximate surface area is 70.2 Å². The maximum atomic E-state index is 9.26. The third-order valence-corrected chi connectivity index (χ3v) is 1.77. The molecule has 0 aromatic heterocycles. The summed E-state index contributed by atoms with van der Waals surface area (Å²) in [5, 5.41) is 14.2. The van der Waals surface area contributed by atoms with Gasteiger partial charge in [-0.2, -0.15) is 0 Å². The Morgan fingerprint density at radius 1 is 1.00 bits per heavy atom. The molecule has 2 nitrogen and oxygen atoms in total. The number of fused-ring (bicyclic) bond motifs is 1. The molecule has 0 amide bonds. The van der Waals surface area contributed by atoms with E-state index in [4.69, 9.17) is 0 Å². The lowest BCUT2D eigenvalue weighted by Crippen LogP contribution is -2.24. The average Bonchev–Trinajstić information content (AvgIpc) is 2.25. The Hall–Kier alpha value is -1.70. The highest BCUT2D eigenvalue weighted by molar-refractivity contribution is 5.46. The number of nitrogens with one attached hydrogen (secondary N) is 1. The van der Waals surface area contributed by atoms with E-state index in [0.29, 0.717) is 0 Å². The van der Waals surface area contributed by atoms with Gasteiger partial charge in [-0.05, 0) is 16.5 Å². The molecule has 0 unspecified atom stereocenters. The zero-order valence-electron chi connectivity index (χ0n) is 6.49. The van der Waals surface area contributed by atoms with Crippen LogP contribution in [0.1, 0.15) is 0 Å². The number of rotatable bonds is 0. The second-order valence-electron chi connectivity index (χ2n) is 2.65. The lowest BCUT2D eigenvalue weighted by atomic mass is 10.2. The molecule has 12 heavy (non-hydrogen) atoms. The lowest BCUT2D eigenvalue weighted by Gasteiger charge is -1.86. The number of benzene rings is 1. The zero-order valence-corrected chi connectivity index (χ0v) is 6.49. The monoisotopic (exact) mass is 159 g/mol. The number of hydrogen-bond donors (Lipinski definition) is 2. The van der Waals surface area contributed by atoms with Crippen LogP contribution in [0.2, 0.25) is 0 Å². The van der Waals surface area contributed by atoms with Gasteiger partial charge in [0, 0.05) is 12.4 Å². The maximum Gasteiger partial charge on any atom is 0.132 e. The first-order valence-corrected chi connectivity index (χ1v) is 3.78. The Morgan fingerprint density at radius 2 is 1.75 bits per heavy atom. The van der Waals surface area contributed by atoms with E-state index in [0.717, 1.165) is 10.4 Å². The molecule has 2 rings (SSSR count). The summed E-state index contributed by atoms with van der Waals surface area (Å²) in [6, 6.07) is 7.86. The Kier molecular flexibility index (Phi) is 1.59. The first-order chi connectivity index (χ1) is 5.86. The van der Waals surface area contributed by atoms with Crippen molar-refractivity contribution in [1.29, 1.82) is 0 Å². The van der Waals surface area contributed by atoms with E-state index >= 15 is 0 Å². The van der Waals surface area contributed by atoms with Crippen molar-refractivity contribution < 1.29 is 5.11 Å². The van der Waals surface area contributed by atoms with Crippen LogP contribution in [-0.2, 0) is 0 Å². The molecular formula is C10H9NO. The molecule has 60 valence electrons. The summed E-state index contributed by atoms with van der Waals surface area (Å²) in [5.41, 5.74) is 0. The number of hydrogen-bond acceptors (Lipinski definition) is 2. The van der Waals surface area contributed by atoms with Crippen molar-refractivity contribution in [1.82, 2.24) is 5.32 Å². The predicted molar refractivity (Wildman–Crippen MR) is 48.5 cm³/mol. The highest BCUT2D eigenvalue weighted by Crippen LogP contribution is 1.88. The summed E-state index contributed by atoms with van der Waals surface area (Å²) >= 11 is 0. The minimum absolute atomic E-state index is 0.246. The second kappa shape index (κ2) is 2.74. The fourth-order valence-corrected chi connectivity index (χ4v) is 1.19. The van der Waals surface area contributed by atoms with Gasteiger partial charge < -0.3 is 10.4 Å². The summed E-state index contributed by atoms with van der Waals surface area (Å²) in [6.45, 7) is 0. The minimum atomic E-state index is 0.246. The first kappa shape index (κ1) is 6.98. The van der Waals surface area contributed by atoms with E-state index in [-0.39, 0.29) is 5.76 Å².